The highest BCUT2D eigenvalue weighted by molar-refractivity contribution is 9.10. The van der Waals surface area contributed by atoms with E-state index in [0.29, 0.717) is 6.61 Å². The highest BCUT2D eigenvalue weighted by Gasteiger charge is 2.19. The van der Waals surface area contributed by atoms with Crippen LogP contribution in [0.4, 0.5) is 11.4 Å². The smallest absolute Gasteiger partial charge is 0.120 e. The van der Waals surface area contributed by atoms with Crippen LogP contribution in [0.15, 0.2) is 46.9 Å². The highest BCUT2D eigenvalue weighted by atomic mass is 79.9. The molecule has 1 unspecified atom stereocenters. The van der Waals surface area contributed by atoms with Crippen molar-refractivity contribution in [2.75, 3.05) is 25.2 Å². The molecule has 0 N–H and O–H groups in total. The molecule has 0 fully saturated rings. The van der Waals surface area contributed by atoms with Crippen molar-refractivity contribution in [3.63, 3.8) is 0 Å². The predicted molar refractivity (Wildman–Crippen MR) is 93.3 cm³/mol. The lowest BCUT2D eigenvalue weighted by Gasteiger charge is -2.31. The van der Waals surface area contributed by atoms with Gasteiger partial charge in [0, 0.05) is 34.9 Å². The van der Waals surface area contributed by atoms with Gasteiger partial charge in [0.1, 0.15) is 5.75 Å². The topological polar surface area (TPSA) is 21.7 Å². The first kappa shape index (κ1) is 15.4. The third kappa shape index (κ3) is 3.28. The van der Waals surface area contributed by atoms with Crippen LogP contribution in [0, 0.1) is 0 Å². The van der Waals surface area contributed by atoms with Gasteiger partial charge in [-0.1, -0.05) is 28.1 Å². The fraction of sp³-hybridized carbons (Fsp3) is 0.333. The van der Waals surface area contributed by atoms with E-state index in [1.54, 1.807) is 7.11 Å². The fourth-order valence-corrected chi connectivity index (χ4v) is 3.19. The second-order valence-electron chi connectivity index (χ2n) is 5.51. The first-order valence-electron chi connectivity index (χ1n) is 7.49. The molecule has 0 saturated carbocycles. The van der Waals surface area contributed by atoms with Gasteiger partial charge in [0.25, 0.3) is 0 Å². The zero-order valence-corrected chi connectivity index (χ0v) is 14.5. The number of ether oxygens (including phenoxy) is 2. The molecule has 1 aliphatic heterocycles. The van der Waals surface area contributed by atoms with Crippen LogP contribution in [0.25, 0.3) is 0 Å². The standard InChI is InChI=1S/C18H20BrNO2/c1-13-10-14-6-7-15(19)11-18(14)20(8-9-22-13)16-4-3-5-17(12-16)21-2/h3-7,11-13H,8-10H2,1-2H3. The maximum absolute atomic E-state index is 5.89. The van der Waals surface area contributed by atoms with Gasteiger partial charge in [-0.2, -0.15) is 0 Å². The zero-order chi connectivity index (χ0) is 15.5. The van der Waals surface area contributed by atoms with E-state index in [4.69, 9.17) is 9.47 Å². The van der Waals surface area contributed by atoms with Gasteiger partial charge in [-0.15, -0.1) is 0 Å². The minimum Gasteiger partial charge on any atom is -0.497 e. The number of benzene rings is 2. The van der Waals surface area contributed by atoms with Crippen LogP contribution < -0.4 is 9.64 Å². The molecule has 1 aliphatic rings. The van der Waals surface area contributed by atoms with Crippen molar-refractivity contribution < 1.29 is 9.47 Å². The van der Waals surface area contributed by atoms with Crippen LogP contribution >= 0.6 is 15.9 Å². The molecule has 0 bridgehead atoms. The summed E-state index contributed by atoms with van der Waals surface area (Å²) >= 11 is 3.60. The van der Waals surface area contributed by atoms with Gasteiger partial charge in [-0.05, 0) is 36.8 Å². The van der Waals surface area contributed by atoms with E-state index in [9.17, 15) is 0 Å². The summed E-state index contributed by atoms with van der Waals surface area (Å²) in [6.07, 6.45) is 1.16. The highest BCUT2D eigenvalue weighted by Crippen LogP contribution is 2.34. The van der Waals surface area contributed by atoms with Crippen LogP contribution in [0.1, 0.15) is 12.5 Å². The molecule has 2 aromatic carbocycles. The van der Waals surface area contributed by atoms with Gasteiger partial charge in [0.05, 0.1) is 19.8 Å². The van der Waals surface area contributed by atoms with E-state index < -0.39 is 0 Å². The van der Waals surface area contributed by atoms with Gasteiger partial charge in [-0.25, -0.2) is 0 Å². The maximum Gasteiger partial charge on any atom is 0.120 e. The Bertz CT molecular complexity index is 659. The summed E-state index contributed by atoms with van der Waals surface area (Å²) < 4.78 is 12.3. The summed E-state index contributed by atoms with van der Waals surface area (Å²) in [6.45, 7) is 3.67. The molecule has 0 spiro atoms. The quantitative estimate of drug-likeness (QED) is 0.782. The molecule has 2 aromatic rings. The Morgan fingerprint density at radius 2 is 2.09 bits per heavy atom. The van der Waals surface area contributed by atoms with Gasteiger partial charge in [0.2, 0.25) is 0 Å². The molecule has 3 rings (SSSR count). The minimum absolute atomic E-state index is 0.243. The van der Waals surface area contributed by atoms with Crippen LogP contribution in [0.3, 0.4) is 0 Å². The Hall–Kier alpha value is -1.52. The Morgan fingerprint density at radius 1 is 1.23 bits per heavy atom. The number of halogens is 1. The van der Waals surface area contributed by atoms with Crippen LogP contribution in [-0.4, -0.2) is 26.4 Å². The Balaban J connectivity index is 2.06. The molecular weight excluding hydrogens is 342 g/mol. The Labute approximate surface area is 140 Å². The average Bonchev–Trinajstić information content (AvgIpc) is 2.52. The normalized spacial score (nSPS) is 18.3. The van der Waals surface area contributed by atoms with Crippen LogP contribution in [0.2, 0.25) is 0 Å². The second-order valence-corrected chi connectivity index (χ2v) is 6.43. The molecule has 0 radical (unpaired) electrons. The van der Waals surface area contributed by atoms with E-state index in [1.165, 1.54) is 11.3 Å². The molecule has 3 nitrogen and oxygen atoms in total. The minimum atomic E-state index is 0.243. The number of fused-ring (bicyclic) bond motifs is 1. The van der Waals surface area contributed by atoms with Crippen molar-refractivity contribution in [2.45, 2.75) is 19.4 Å². The van der Waals surface area contributed by atoms with E-state index >= 15 is 0 Å². The first-order chi connectivity index (χ1) is 10.7. The van der Waals surface area contributed by atoms with Crippen molar-refractivity contribution in [1.29, 1.82) is 0 Å². The van der Waals surface area contributed by atoms with Crippen molar-refractivity contribution >= 4 is 27.3 Å². The largest absolute Gasteiger partial charge is 0.497 e. The molecule has 0 amide bonds. The molecule has 0 aromatic heterocycles. The number of rotatable bonds is 2. The van der Waals surface area contributed by atoms with E-state index in [-0.39, 0.29) is 6.10 Å². The first-order valence-corrected chi connectivity index (χ1v) is 8.28. The summed E-state index contributed by atoms with van der Waals surface area (Å²) in [5.41, 5.74) is 3.66. The number of hydrogen-bond donors (Lipinski definition) is 0. The van der Waals surface area contributed by atoms with Crippen molar-refractivity contribution in [3.05, 3.63) is 52.5 Å². The number of hydrogen-bond acceptors (Lipinski definition) is 3. The lowest BCUT2D eigenvalue weighted by Crippen LogP contribution is -2.29. The molecule has 1 heterocycles. The van der Waals surface area contributed by atoms with Gasteiger partial charge in [0.15, 0.2) is 0 Å². The molecular formula is C18H20BrNO2. The number of nitrogens with zero attached hydrogens (tertiary/aromatic N) is 1. The lowest BCUT2D eigenvalue weighted by atomic mass is 10.0. The van der Waals surface area contributed by atoms with Crippen LogP contribution in [-0.2, 0) is 11.2 Å². The average molecular weight is 362 g/mol. The SMILES string of the molecule is COc1cccc(N2CCOC(C)Cc3ccc(Br)cc32)c1. The second kappa shape index (κ2) is 6.71. The number of methoxy groups -OCH3 is 1. The van der Waals surface area contributed by atoms with Gasteiger partial charge in [-0.3, -0.25) is 0 Å². The summed E-state index contributed by atoms with van der Waals surface area (Å²) in [6, 6.07) is 14.6. The van der Waals surface area contributed by atoms with Crippen molar-refractivity contribution in [2.24, 2.45) is 0 Å². The molecule has 22 heavy (non-hydrogen) atoms. The maximum atomic E-state index is 5.89. The van der Waals surface area contributed by atoms with E-state index in [0.717, 1.165) is 28.9 Å². The zero-order valence-electron chi connectivity index (χ0n) is 12.9. The van der Waals surface area contributed by atoms with Gasteiger partial charge < -0.3 is 14.4 Å². The monoisotopic (exact) mass is 361 g/mol. The summed E-state index contributed by atoms with van der Waals surface area (Å²) in [5.74, 6) is 0.866. The summed E-state index contributed by atoms with van der Waals surface area (Å²) in [7, 11) is 1.70. The third-order valence-electron chi connectivity index (χ3n) is 3.93. The molecule has 4 heteroatoms. The fourth-order valence-electron chi connectivity index (χ4n) is 2.84. The lowest BCUT2D eigenvalue weighted by molar-refractivity contribution is 0.0703. The molecule has 0 saturated heterocycles. The predicted octanol–water partition coefficient (Wildman–Crippen LogP) is 4.56. The van der Waals surface area contributed by atoms with Crippen molar-refractivity contribution in [1.82, 2.24) is 0 Å². The van der Waals surface area contributed by atoms with Gasteiger partial charge >= 0.3 is 0 Å². The molecule has 1 atom stereocenters. The molecule has 116 valence electrons. The van der Waals surface area contributed by atoms with Crippen LogP contribution in [0.5, 0.6) is 5.75 Å². The van der Waals surface area contributed by atoms with Crippen molar-refractivity contribution in [3.8, 4) is 5.75 Å². The summed E-state index contributed by atoms with van der Waals surface area (Å²) in [5, 5.41) is 0. The third-order valence-corrected chi connectivity index (χ3v) is 4.42. The molecule has 0 aliphatic carbocycles. The number of anilines is 2. The van der Waals surface area contributed by atoms with E-state index in [1.807, 2.05) is 12.1 Å². The summed E-state index contributed by atoms with van der Waals surface area (Å²) in [4.78, 5) is 2.30. The van der Waals surface area contributed by atoms with E-state index in [2.05, 4.69) is 58.1 Å². The Morgan fingerprint density at radius 3 is 2.91 bits per heavy atom. The Kier molecular flexibility index (Phi) is 4.69.